The third-order valence-corrected chi connectivity index (χ3v) is 27.0. The van der Waals surface area contributed by atoms with Gasteiger partial charge >= 0.3 is 12.1 Å². The number of aliphatic hydroxyl groups excluding tert-OH is 10. The molecule has 0 spiro atoms. The summed E-state index contributed by atoms with van der Waals surface area (Å²) in [5.41, 5.74) is 3.47. The van der Waals surface area contributed by atoms with Crippen molar-refractivity contribution in [1.82, 2.24) is 51.9 Å². The summed E-state index contributed by atoms with van der Waals surface area (Å²) in [7, 11) is 3.42. The Bertz CT molecular complexity index is 3810. The summed E-state index contributed by atoms with van der Waals surface area (Å²) in [5, 5.41) is 122. The van der Waals surface area contributed by atoms with E-state index in [2.05, 4.69) is 180 Å². The van der Waals surface area contributed by atoms with Crippen LogP contribution in [0.3, 0.4) is 0 Å². The third kappa shape index (κ3) is 26.3. The fourth-order valence-corrected chi connectivity index (χ4v) is 17.8. The van der Waals surface area contributed by atoms with Crippen molar-refractivity contribution >= 4 is 125 Å². The van der Waals surface area contributed by atoms with Gasteiger partial charge < -0.3 is 116 Å². The van der Waals surface area contributed by atoms with E-state index in [1.54, 1.807) is 42.2 Å². The molecule has 0 bridgehead atoms. The van der Waals surface area contributed by atoms with E-state index < -0.39 is 151 Å². The highest BCUT2D eigenvalue weighted by molar-refractivity contribution is 7.80. The summed E-state index contributed by atoms with van der Waals surface area (Å²) < 4.78 is 30.9. The van der Waals surface area contributed by atoms with Crippen molar-refractivity contribution in [2.24, 2.45) is 0 Å². The second-order valence-corrected chi connectivity index (χ2v) is 54.6. The van der Waals surface area contributed by atoms with E-state index in [1.807, 2.05) is 7.05 Å². The second-order valence-electron chi connectivity index (χ2n) is 32.3. The van der Waals surface area contributed by atoms with E-state index in [1.165, 1.54) is 22.2 Å². The van der Waals surface area contributed by atoms with Gasteiger partial charge in [-0.25, -0.2) is 24.8 Å². The molecule has 10 aliphatic rings. The lowest BCUT2D eigenvalue weighted by molar-refractivity contribution is -0.579. The van der Waals surface area contributed by atoms with Gasteiger partial charge in [0, 0.05) is 72.7 Å². The van der Waals surface area contributed by atoms with Crippen molar-refractivity contribution in [3.63, 3.8) is 0 Å². The molecule has 0 aromatic carbocycles. The summed E-state index contributed by atoms with van der Waals surface area (Å²) in [5.74, 6) is 5.80. The highest BCUT2D eigenvalue weighted by Crippen LogP contribution is 2.44. The summed E-state index contributed by atoms with van der Waals surface area (Å²) in [4.78, 5) is 39.2. The van der Waals surface area contributed by atoms with Crippen LogP contribution in [0.4, 0.5) is 9.59 Å². The van der Waals surface area contributed by atoms with Crippen molar-refractivity contribution in [1.29, 1.82) is 0 Å². The fourth-order valence-electron chi connectivity index (χ4n) is 12.7. The van der Waals surface area contributed by atoms with Crippen LogP contribution in [-0.4, -0.2) is 370 Å². The van der Waals surface area contributed by atoms with E-state index in [0.29, 0.717) is 82.0 Å². The van der Waals surface area contributed by atoms with Gasteiger partial charge in [-0.1, -0.05) is 32.2 Å². The normalized spacial score (nSPS) is 32.6. The van der Waals surface area contributed by atoms with Gasteiger partial charge in [0.15, 0.2) is 17.7 Å². The Morgan fingerprint density at radius 2 is 0.855 bits per heavy atom. The van der Waals surface area contributed by atoms with Crippen molar-refractivity contribution in [2.75, 3.05) is 112 Å². The molecule has 0 aromatic heterocycles. The molecular formula is C74H121N11O18P5S2+. The maximum Gasteiger partial charge on any atom is 0.325 e. The zero-order valence-corrected chi connectivity index (χ0v) is 71.8. The number of carbonyl (C=O) groups is 3. The summed E-state index contributed by atoms with van der Waals surface area (Å²) in [6.07, 6.45) is 20.9. The Kier molecular flexibility index (Phi) is 33.3. The van der Waals surface area contributed by atoms with Crippen LogP contribution < -0.4 is 37.2 Å². The first kappa shape index (κ1) is 93.8. The Balaban J connectivity index is 0.000000215. The SMILES string of the molecule is C=C1NC(=O)C(C#CC)=CN1[C@@H]1O[C@H](CCP(=C)(C)C)[C@@H](O)[C@H]1O.C=C1NC(=O)N(C)C=C1[C@@H]1O[C@H](CCP(=C)(C)C)[C@@H](O)[C@H]1O.C=C1NC(=O)NC=C1[C@@H]1O[C@H](CCP(=C)(C)C)[C@@H](O)[C@H]1O.C=C1NC(=S)N(C)C=C1[C@@H]1O[C@H](CCP(=C)(C)C)[C@@H](O)[C@H]1O.C=C1NC(=S)NC=[N+]1[C@@H]1O[C@H](CCP(=C)(C)C)[C@@H](O)[C@H]1O. The molecule has 5 fully saturated rings. The number of hydrogen-bond donors (Lipinski definition) is 17. The van der Waals surface area contributed by atoms with Gasteiger partial charge in [0.05, 0.1) is 30.5 Å². The topological polar surface area (TPSA) is 397 Å². The number of rotatable bonds is 20. The van der Waals surface area contributed by atoms with Gasteiger partial charge in [-0.3, -0.25) is 4.79 Å². The molecule has 10 aliphatic heterocycles. The number of carbonyl (C=O) groups excluding carboxylic acids is 3. The predicted molar refractivity (Wildman–Crippen MR) is 458 cm³/mol. The molecule has 0 unspecified atom stereocenters. The maximum absolute atomic E-state index is 11.9. The van der Waals surface area contributed by atoms with E-state index in [-0.39, 0.29) is 35.5 Å². The Hall–Kier alpha value is -5.02. The van der Waals surface area contributed by atoms with E-state index >= 15 is 0 Å². The smallest absolute Gasteiger partial charge is 0.325 e. The maximum atomic E-state index is 11.9. The molecule has 0 aromatic rings. The zero-order chi connectivity index (χ0) is 82.9. The average Bonchev–Trinajstić information content (AvgIpc) is 1.66. The minimum atomic E-state index is -1.25. The molecule has 10 rings (SSSR count). The molecule has 5 saturated heterocycles. The van der Waals surface area contributed by atoms with Crippen LogP contribution in [0.25, 0.3) is 0 Å². The fraction of sp³-hybridized carbons (Fsp3) is 0.581. The summed E-state index contributed by atoms with van der Waals surface area (Å²) in [6.45, 7) is 35.9. The number of thiocarbonyl (C=S) groups is 2. The van der Waals surface area contributed by atoms with Gasteiger partial charge in [-0.2, -0.15) is 0 Å². The molecule has 10 heterocycles. The second kappa shape index (κ2) is 39.1. The minimum absolute atomic E-state index is 0.253. The number of ether oxygens (including phenoxy) is 5. The number of hydrogen-bond acceptors (Lipinski definition) is 21. The molecule has 0 radical (unpaired) electrons. The third-order valence-electron chi connectivity index (χ3n) is 19.1. The lowest BCUT2D eigenvalue weighted by Gasteiger charge is -2.33. The van der Waals surface area contributed by atoms with Crippen LogP contribution >= 0.6 is 58.9 Å². The van der Waals surface area contributed by atoms with Gasteiger partial charge in [0.2, 0.25) is 12.0 Å². The van der Waals surface area contributed by atoms with Crippen LogP contribution in [0.5, 0.6) is 0 Å². The Labute approximate surface area is 660 Å². The first-order chi connectivity index (χ1) is 50.7. The van der Waals surface area contributed by atoms with Crippen LogP contribution in [0, 0.1) is 11.8 Å². The standard InChI is InChI=1S/C17H25N2O4P.C15H25N2O4P.C15H25N2O3PS.C14H23N2O4P.C13H22N3O3PS/c1-6-7-12-10-19(11(2)18-16(12)22)17-15(21)14(20)13(23-17)8-9-24(3,4)5;1-9-10(8-17(2)15(20)16-9)14-13(19)12(18)11(21-14)6-7-22(3,4)5;1-9-10(8-17(2)15(22)16-9)14-13(19)12(18)11(20-14)6-7-21(3,4)5;1-8-9(7-15-14(19)16-8)13-12(18)11(17)10(20-13)5-6-21(2,3)4;1-8-15-13(21)14-7-16(8)12-11(18)10(17)9(19-12)5-6-20(2,3)4/h10,13-15,17,20-21H,2-3,8-9H2,1,4-5H3,(H,18,22);8,11-14,18-19H,1,3,6-7H2,2,4-5H3,(H,16,20);8,11-14,18-19H,1,3,6-7H2,2,4-5H3,(H,16,22);7,10-13,17-18H,1-2,5-6H2,3-4H3,(H2,15,16,19);7,9-12,17-18H,1-2,5-6H2,3-4H3,(H,15,21)/p+1/t13-,14-,15-,17-;2*11-,12-,13-,14+;10-,11-,12-,13+;9-,10-,11-,12-/m11111/s1. The lowest BCUT2D eigenvalue weighted by atomic mass is 9.99. The number of nitrogens with zero attached hydrogens (tertiary/aromatic N) is 4. The van der Waals surface area contributed by atoms with Crippen molar-refractivity contribution in [3.05, 3.63) is 109 Å². The molecule has 20 atom stereocenters. The first-order valence-electron chi connectivity index (χ1n) is 35.8. The van der Waals surface area contributed by atoms with Crippen LogP contribution in [0.2, 0.25) is 0 Å². The first-order valence-corrected chi connectivity index (χ1v) is 51.9. The number of amides is 5. The molecule has 616 valence electrons. The average molecular weight is 1670 g/mol. The number of aliphatic hydroxyl groups is 10. The van der Waals surface area contributed by atoms with Crippen molar-refractivity contribution in [3.8, 4) is 11.8 Å². The van der Waals surface area contributed by atoms with Gasteiger partial charge in [-0.05, 0) is 168 Å². The molecule has 17 N–H and O–H groups in total. The monoisotopic (exact) mass is 1670 g/mol. The highest BCUT2D eigenvalue weighted by Gasteiger charge is 2.51. The largest absolute Gasteiger partial charge is 0.388 e. The molecule has 110 heavy (non-hydrogen) atoms. The molecule has 29 nitrogen and oxygen atoms in total. The van der Waals surface area contributed by atoms with Gasteiger partial charge in [0.1, 0.15) is 90.7 Å². The van der Waals surface area contributed by atoms with Crippen LogP contribution in [0.1, 0.15) is 39.0 Å². The van der Waals surface area contributed by atoms with E-state index in [9.17, 15) is 65.4 Å². The van der Waals surface area contributed by atoms with Crippen LogP contribution in [0.15, 0.2) is 109 Å². The Morgan fingerprint density at radius 1 is 0.473 bits per heavy atom. The number of urea groups is 2. The van der Waals surface area contributed by atoms with E-state index in [4.69, 9.17) is 48.1 Å². The summed E-state index contributed by atoms with van der Waals surface area (Å²) >= 11 is 10.1. The van der Waals surface area contributed by atoms with Crippen LogP contribution in [-0.2, 0) is 28.5 Å². The highest BCUT2D eigenvalue weighted by atomic mass is 32.1. The van der Waals surface area contributed by atoms with Gasteiger partial charge in [-0.15, -0.1) is 71.8 Å². The van der Waals surface area contributed by atoms with Crippen molar-refractivity contribution in [2.45, 2.75) is 161 Å². The molecule has 0 saturated carbocycles. The predicted octanol–water partition coefficient (Wildman–Crippen LogP) is 1.57. The minimum Gasteiger partial charge on any atom is -0.388 e. The van der Waals surface area contributed by atoms with E-state index in [0.717, 1.165) is 30.8 Å². The van der Waals surface area contributed by atoms with Gasteiger partial charge in [0.25, 0.3) is 11.0 Å². The van der Waals surface area contributed by atoms with Crippen molar-refractivity contribution < 1.29 is 93.7 Å². The summed E-state index contributed by atoms with van der Waals surface area (Å²) in [6, 6.07) is -0.668. The number of nitrogens with one attached hydrogen (secondary N) is 7. The zero-order valence-electron chi connectivity index (χ0n) is 65.7. The molecular weight excluding hydrogens is 1550 g/mol. The quantitative estimate of drug-likeness (QED) is 0.0356. The molecule has 0 aliphatic carbocycles. The lowest BCUT2D eigenvalue weighted by Crippen LogP contribution is -2.50. The Morgan fingerprint density at radius 3 is 1.27 bits per heavy atom. The molecule has 36 heteroatoms. The molecule has 5 amide bonds.